The smallest absolute Gasteiger partial charge is 0.186 e. The van der Waals surface area contributed by atoms with Gasteiger partial charge in [0.05, 0.1) is 11.4 Å². The van der Waals surface area contributed by atoms with Crippen molar-refractivity contribution in [2.75, 3.05) is 0 Å². The Hall–Kier alpha value is -3.00. The van der Waals surface area contributed by atoms with Gasteiger partial charge >= 0.3 is 0 Å². The van der Waals surface area contributed by atoms with E-state index in [1.807, 2.05) is 31.2 Å². The Morgan fingerprint density at radius 3 is 2.41 bits per heavy atom. The summed E-state index contributed by atoms with van der Waals surface area (Å²) in [7, 11) is 0. The molecule has 22 heavy (non-hydrogen) atoms. The minimum Gasteiger partial charge on any atom is -0.216 e. The average molecular weight is 292 g/mol. The Morgan fingerprint density at radius 1 is 1.09 bits per heavy atom. The van der Waals surface area contributed by atoms with Crippen molar-refractivity contribution in [1.82, 2.24) is 15.0 Å². The highest BCUT2D eigenvalue weighted by Gasteiger charge is 2.14. The number of hydrogen-bond donors (Lipinski definition) is 0. The van der Waals surface area contributed by atoms with E-state index < -0.39 is 0 Å². The van der Waals surface area contributed by atoms with E-state index in [9.17, 15) is 9.65 Å². The standard InChI is InChI=1S/C17H13FN4/c1-12-2-8-15(9-3-12)22-17(16(11-19)20-21-22)10-13-4-6-14(18)7-5-13/h2-9H,10H2,1H3. The molecule has 3 aromatic rings. The van der Waals surface area contributed by atoms with Gasteiger partial charge in [0.15, 0.2) is 5.69 Å². The van der Waals surface area contributed by atoms with E-state index >= 15 is 0 Å². The molecule has 3 rings (SSSR count). The van der Waals surface area contributed by atoms with Gasteiger partial charge in [-0.25, -0.2) is 9.07 Å². The number of nitrogens with zero attached hydrogens (tertiary/aromatic N) is 4. The van der Waals surface area contributed by atoms with Crippen LogP contribution in [0, 0.1) is 24.1 Å². The third-order valence-corrected chi connectivity index (χ3v) is 3.43. The summed E-state index contributed by atoms with van der Waals surface area (Å²) in [6.45, 7) is 2.01. The third-order valence-electron chi connectivity index (χ3n) is 3.43. The van der Waals surface area contributed by atoms with Gasteiger partial charge in [-0.05, 0) is 36.8 Å². The summed E-state index contributed by atoms with van der Waals surface area (Å²) in [5, 5.41) is 17.2. The zero-order valence-corrected chi connectivity index (χ0v) is 12.0. The van der Waals surface area contributed by atoms with Crippen LogP contribution >= 0.6 is 0 Å². The molecule has 0 fully saturated rings. The first-order valence-corrected chi connectivity index (χ1v) is 6.83. The lowest BCUT2D eigenvalue weighted by atomic mass is 10.1. The molecule has 2 aromatic carbocycles. The molecule has 0 aliphatic carbocycles. The van der Waals surface area contributed by atoms with Crippen LogP contribution in [0.15, 0.2) is 48.5 Å². The number of halogens is 1. The predicted molar refractivity (Wildman–Crippen MR) is 80.0 cm³/mol. The average Bonchev–Trinajstić information content (AvgIpc) is 2.93. The Kier molecular flexibility index (Phi) is 3.67. The quantitative estimate of drug-likeness (QED) is 0.745. The Labute approximate surface area is 127 Å². The van der Waals surface area contributed by atoms with Gasteiger partial charge in [0, 0.05) is 6.42 Å². The molecule has 0 N–H and O–H groups in total. The second kappa shape index (κ2) is 5.78. The van der Waals surface area contributed by atoms with E-state index in [1.165, 1.54) is 12.1 Å². The van der Waals surface area contributed by atoms with Crippen molar-refractivity contribution < 1.29 is 4.39 Å². The largest absolute Gasteiger partial charge is 0.216 e. The van der Waals surface area contributed by atoms with Crippen LogP contribution in [-0.4, -0.2) is 15.0 Å². The highest BCUT2D eigenvalue weighted by Crippen LogP contribution is 2.17. The molecule has 1 heterocycles. The highest BCUT2D eigenvalue weighted by atomic mass is 19.1. The molecule has 4 nitrogen and oxygen atoms in total. The molecule has 5 heteroatoms. The Morgan fingerprint density at radius 2 is 1.77 bits per heavy atom. The van der Waals surface area contributed by atoms with Gasteiger partial charge in [-0.2, -0.15) is 5.26 Å². The number of nitriles is 1. The summed E-state index contributed by atoms with van der Waals surface area (Å²) in [6, 6.07) is 16.1. The fraction of sp³-hybridized carbons (Fsp3) is 0.118. The number of aromatic nitrogens is 3. The van der Waals surface area contributed by atoms with Gasteiger partial charge < -0.3 is 0 Å². The van der Waals surface area contributed by atoms with E-state index in [4.69, 9.17) is 0 Å². The van der Waals surface area contributed by atoms with Crippen LogP contribution < -0.4 is 0 Å². The second-order valence-electron chi connectivity index (χ2n) is 5.05. The summed E-state index contributed by atoms with van der Waals surface area (Å²) >= 11 is 0. The zero-order chi connectivity index (χ0) is 15.5. The number of rotatable bonds is 3. The van der Waals surface area contributed by atoms with Gasteiger partial charge in [-0.3, -0.25) is 0 Å². The van der Waals surface area contributed by atoms with Gasteiger partial charge in [-0.1, -0.05) is 35.0 Å². The van der Waals surface area contributed by atoms with Crippen molar-refractivity contribution in [2.24, 2.45) is 0 Å². The summed E-state index contributed by atoms with van der Waals surface area (Å²) < 4.78 is 14.7. The minimum atomic E-state index is -0.283. The van der Waals surface area contributed by atoms with Crippen molar-refractivity contribution in [3.05, 3.63) is 76.9 Å². The molecule has 0 amide bonds. The first kappa shape index (κ1) is 14.0. The SMILES string of the molecule is Cc1ccc(-n2nnc(C#N)c2Cc2ccc(F)cc2)cc1. The monoisotopic (exact) mass is 292 g/mol. The van der Waals surface area contributed by atoms with Crippen molar-refractivity contribution in [3.8, 4) is 11.8 Å². The lowest BCUT2D eigenvalue weighted by Crippen LogP contribution is -2.04. The van der Waals surface area contributed by atoms with E-state index in [2.05, 4.69) is 16.4 Å². The molecular formula is C17H13FN4. The molecule has 0 unspecified atom stereocenters. The molecule has 0 radical (unpaired) electrons. The molecule has 0 saturated heterocycles. The lowest BCUT2D eigenvalue weighted by Gasteiger charge is -2.07. The first-order valence-electron chi connectivity index (χ1n) is 6.83. The van der Waals surface area contributed by atoms with Crippen molar-refractivity contribution >= 4 is 0 Å². The molecule has 0 bridgehead atoms. The van der Waals surface area contributed by atoms with Crippen LogP contribution in [-0.2, 0) is 6.42 Å². The predicted octanol–water partition coefficient (Wildman–Crippen LogP) is 3.18. The maximum atomic E-state index is 13.0. The van der Waals surface area contributed by atoms with E-state index in [1.54, 1.807) is 16.8 Å². The number of benzene rings is 2. The van der Waals surface area contributed by atoms with Gasteiger partial charge in [0.2, 0.25) is 0 Å². The Balaban J connectivity index is 2.02. The van der Waals surface area contributed by atoms with Crippen LogP contribution in [0.1, 0.15) is 22.5 Å². The lowest BCUT2D eigenvalue weighted by molar-refractivity contribution is 0.627. The van der Waals surface area contributed by atoms with Gasteiger partial charge in [-0.15, -0.1) is 5.10 Å². The maximum Gasteiger partial charge on any atom is 0.186 e. The first-order chi connectivity index (χ1) is 10.7. The molecular weight excluding hydrogens is 279 g/mol. The van der Waals surface area contributed by atoms with Crippen LogP contribution in [0.5, 0.6) is 0 Å². The van der Waals surface area contributed by atoms with Crippen molar-refractivity contribution in [3.63, 3.8) is 0 Å². The summed E-state index contributed by atoms with van der Waals surface area (Å²) in [5.74, 6) is -0.283. The minimum absolute atomic E-state index is 0.282. The molecule has 1 aromatic heterocycles. The molecule has 0 atom stereocenters. The Bertz CT molecular complexity index is 827. The molecule has 0 saturated carbocycles. The molecule has 0 aliphatic heterocycles. The van der Waals surface area contributed by atoms with E-state index in [-0.39, 0.29) is 11.5 Å². The van der Waals surface area contributed by atoms with Gasteiger partial charge in [0.1, 0.15) is 11.9 Å². The fourth-order valence-electron chi connectivity index (χ4n) is 2.24. The normalized spacial score (nSPS) is 10.4. The van der Waals surface area contributed by atoms with Crippen LogP contribution in [0.25, 0.3) is 5.69 Å². The number of aryl methyl sites for hydroxylation is 1. The topological polar surface area (TPSA) is 54.5 Å². The summed E-state index contributed by atoms with van der Waals surface area (Å²) in [4.78, 5) is 0. The zero-order valence-electron chi connectivity index (χ0n) is 12.0. The third kappa shape index (κ3) is 2.72. The molecule has 108 valence electrons. The van der Waals surface area contributed by atoms with Crippen molar-refractivity contribution in [2.45, 2.75) is 13.3 Å². The fourth-order valence-corrected chi connectivity index (χ4v) is 2.24. The van der Waals surface area contributed by atoms with Crippen LogP contribution in [0.2, 0.25) is 0 Å². The van der Waals surface area contributed by atoms with Crippen LogP contribution in [0.3, 0.4) is 0 Å². The maximum absolute atomic E-state index is 13.0. The molecule has 0 aliphatic rings. The van der Waals surface area contributed by atoms with E-state index in [0.29, 0.717) is 12.1 Å². The summed E-state index contributed by atoms with van der Waals surface area (Å²) in [6.07, 6.45) is 0.462. The summed E-state index contributed by atoms with van der Waals surface area (Å²) in [5.41, 5.74) is 3.86. The number of hydrogen-bond acceptors (Lipinski definition) is 3. The van der Waals surface area contributed by atoms with Crippen molar-refractivity contribution in [1.29, 1.82) is 5.26 Å². The molecule has 0 spiro atoms. The second-order valence-corrected chi connectivity index (χ2v) is 5.05. The van der Waals surface area contributed by atoms with Crippen LogP contribution in [0.4, 0.5) is 4.39 Å². The van der Waals surface area contributed by atoms with E-state index in [0.717, 1.165) is 16.8 Å². The highest BCUT2D eigenvalue weighted by molar-refractivity contribution is 5.39. The van der Waals surface area contributed by atoms with Gasteiger partial charge in [0.25, 0.3) is 0 Å².